The maximum atomic E-state index is 4.23. The SMILES string of the molecule is C=C1C=C2CC[C@@H]3[C@@H](CC[C@]4(C)CCC[C@@H]34)[C@@]2(C)CC1. The highest BCUT2D eigenvalue weighted by molar-refractivity contribution is 5.33. The summed E-state index contributed by atoms with van der Waals surface area (Å²) in [5.74, 6) is 3.06. The lowest BCUT2D eigenvalue weighted by atomic mass is 9.47. The van der Waals surface area contributed by atoms with Gasteiger partial charge in [-0.15, -0.1) is 0 Å². The van der Waals surface area contributed by atoms with Gasteiger partial charge in [0.2, 0.25) is 0 Å². The van der Waals surface area contributed by atoms with Gasteiger partial charge >= 0.3 is 0 Å². The smallest absolute Gasteiger partial charge is 0.00790 e. The average molecular weight is 270 g/mol. The molecule has 0 spiro atoms. The third kappa shape index (κ3) is 1.66. The van der Waals surface area contributed by atoms with Crippen molar-refractivity contribution in [3.05, 3.63) is 23.8 Å². The van der Waals surface area contributed by atoms with E-state index < -0.39 is 0 Å². The van der Waals surface area contributed by atoms with Gasteiger partial charge in [0.1, 0.15) is 0 Å². The van der Waals surface area contributed by atoms with Crippen molar-refractivity contribution in [3.63, 3.8) is 0 Å². The number of hydrogen-bond donors (Lipinski definition) is 0. The summed E-state index contributed by atoms with van der Waals surface area (Å²) >= 11 is 0. The van der Waals surface area contributed by atoms with Gasteiger partial charge in [0.05, 0.1) is 0 Å². The van der Waals surface area contributed by atoms with Crippen LogP contribution in [0, 0.1) is 28.6 Å². The Hall–Kier alpha value is -0.520. The Morgan fingerprint density at radius 2 is 1.85 bits per heavy atom. The highest BCUT2D eigenvalue weighted by Crippen LogP contribution is 2.65. The molecule has 0 nitrogen and oxygen atoms in total. The summed E-state index contributed by atoms with van der Waals surface area (Å²) in [6.07, 6.45) is 15.5. The van der Waals surface area contributed by atoms with E-state index >= 15 is 0 Å². The molecule has 3 saturated carbocycles. The fourth-order valence-electron chi connectivity index (χ4n) is 6.64. The highest BCUT2D eigenvalue weighted by atomic mass is 14.6. The van der Waals surface area contributed by atoms with Crippen molar-refractivity contribution in [2.24, 2.45) is 28.6 Å². The van der Waals surface area contributed by atoms with Gasteiger partial charge in [-0.3, -0.25) is 0 Å². The van der Waals surface area contributed by atoms with Gasteiger partial charge in [-0.05, 0) is 80.0 Å². The molecule has 20 heavy (non-hydrogen) atoms. The predicted octanol–water partition coefficient (Wildman–Crippen LogP) is 5.90. The molecular formula is C20H30. The van der Waals surface area contributed by atoms with E-state index in [1.54, 1.807) is 5.57 Å². The molecule has 3 fully saturated rings. The van der Waals surface area contributed by atoms with Gasteiger partial charge in [-0.2, -0.15) is 0 Å². The van der Waals surface area contributed by atoms with E-state index in [1.165, 1.54) is 63.4 Å². The summed E-state index contributed by atoms with van der Waals surface area (Å²) in [6.45, 7) is 9.43. The second-order valence-electron chi connectivity index (χ2n) is 8.75. The van der Waals surface area contributed by atoms with Crippen LogP contribution in [0.4, 0.5) is 0 Å². The topological polar surface area (TPSA) is 0 Å². The summed E-state index contributed by atoms with van der Waals surface area (Å²) < 4.78 is 0. The Morgan fingerprint density at radius 1 is 1.00 bits per heavy atom. The molecule has 0 aliphatic heterocycles. The second-order valence-corrected chi connectivity index (χ2v) is 8.75. The van der Waals surface area contributed by atoms with E-state index in [9.17, 15) is 0 Å². The molecule has 110 valence electrons. The molecule has 4 rings (SSSR count). The van der Waals surface area contributed by atoms with Crippen LogP contribution >= 0.6 is 0 Å². The first-order valence-corrected chi connectivity index (χ1v) is 8.92. The molecular weight excluding hydrogens is 240 g/mol. The Labute approximate surface area is 124 Å². The molecule has 4 aliphatic rings. The zero-order valence-corrected chi connectivity index (χ0v) is 13.4. The summed E-state index contributed by atoms with van der Waals surface area (Å²) in [6, 6.07) is 0. The van der Waals surface area contributed by atoms with Crippen molar-refractivity contribution in [2.45, 2.75) is 71.6 Å². The van der Waals surface area contributed by atoms with Crippen LogP contribution in [-0.4, -0.2) is 0 Å². The minimum absolute atomic E-state index is 0.522. The van der Waals surface area contributed by atoms with Gasteiger partial charge in [0.25, 0.3) is 0 Å². The molecule has 0 amide bonds. The normalized spacial score (nSPS) is 51.0. The monoisotopic (exact) mass is 270 g/mol. The van der Waals surface area contributed by atoms with Gasteiger partial charge in [0, 0.05) is 0 Å². The van der Waals surface area contributed by atoms with Crippen molar-refractivity contribution in [3.8, 4) is 0 Å². The van der Waals surface area contributed by atoms with Crippen LogP contribution in [0.1, 0.15) is 71.6 Å². The summed E-state index contributed by atoms with van der Waals surface area (Å²) in [5, 5.41) is 0. The summed E-state index contributed by atoms with van der Waals surface area (Å²) in [7, 11) is 0. The first kappa shape index (κ1) is 13.2. The van der Waals surface area contributed by atoms with Crippen LogP contribution < -0.4 is 0 Å². The number of rotatable bonds is 0. The van der Waals surface area contributed by atoms with E-state index in [4.69, 9.17) is 0 Å². The minimum Gasteiger partial charge on any atom is -0.0958 e. The van der Waals surface area contributed by atoms with Gasteiger partial charge in [-0.25, -0.2) is 0 Å². The van der Waals surface area contributed by atoms with Crippen LogP contribution in [0.15, 0.2) is 23.8 Å². The van der Waals surface area contributed by atoms with Crippen LogP contribution in [0.25, 0.3) is 0 Å². The Kier molecular flexibility index (Phi) is 2.79. The first-order valence-electron chi connectivity index (χ1n) is 8.92. The largest absolute Gasteiger partial charge is 0.0958 e. The van der Waals surface area contributed by atoms with Crippen LogP contribution in [0.2, 0.25) is 0 Å². The third-order valence-electron chi connectivity index (χ3n) is 7.86. The summed E-state index contributed by atoms with van der Waals surface area (Å²) in [4.78, 5) is 0. The predicted molar refractivity (Wildman–Crippen MR) is 85.5 cm³/mol. The average Bonchev–Trinajstić information content (AvgIpc) is 2.81. The first-order chi connectivity index (χ1) is 9.53. The molecule has 5 atom stereocenters. The van der Waals surface area contributed by atoms with Crippen molar-refractivity contribution >= 4 is 0 Å². The number of fused-ring (bicyclic) bond motifs is 5. The molecule has 0 radical (unpaired) electrons. The maximum Gasteiger partial charge on any atom is -0.00790 e. The van der Waals surface area contributed by atoms with Gasteiger partial charge in [-0.1, -0.05) is 44.1 Å². The molecule has 0 bridgehead atoms. The maximum absolute atomic E-state index is 4.23. The zero-order valence-electron chi connectivity index (χ0n) is 13.4. The minimum atomic E-state index is 0.522. The number of hydrogen-bond acceptors (Lipinski definition) is 0. The Morgan fingerprint density at radius 3 is 2.70 bits per heavy atom. The second kappa shape index (κ2) is 4.24. The molecule has 0 aromatic carbocycles. The molecule has 0 heterocycles. The quantitative estimate of drug-likeness (QED) is 0.514. The lowest BCUT2D eigenvalue weighted by Gasteiger charge is -2.57. The van der Waals surface area contributed by atoms with Crippen LogP contribution in [-0.2, 0) is 0 Å². The van der Waals surface area contributed by atoms with Crippen molar-refractivity contribution in [1.82, 2.24) is 0 Å². The van der Waals surface area contributed by atoms with E-state index in [0.29, 0.717) is 10.8 Å². The standard InChI is InChI=1S/C20H30/c1-14-8-12-20(3)15(13-14)6-7-16-17-5-4-10-19(17,2)11-9-18(16)20/h13,16-18H,1,4-12H2,2-3H3/t16-,17-,18+,19-,20-/m0/s1. The molecule has 0 saturated heterocycles. The lowest BCUT2D eigenvalue weighted by molar-refractivity contribution is -0.0345. The Balaban J connectivity index is 1.69. The molecule has 0 unspecified atom stereocenters. The van der Waals surface area contributed by atoms with Crippen LogP contribution in [0.3, 0.4) is 0 Å². The zero-order chi connectivity index (χ0) is 14.0. The Bertz CT molecular complexity index is 470. The van der Waals surface area contributed by atoms with Gasteiger partial charge in [0.15, 0.2) is 0 Å². The third-order valence-corrected chi connectivity index (χ3v) is 7.86. The molecule has 0 aromatic heterocycles. The fourth-order valence-corrected chi connectivity index (χ4v) is 6.64. The molecule has 4 aliphatic carbocycles. The lowest BCUT2D eigenvalue weighted by Crippen LogP contribution is -2.48. The molecule has 0 aromatic rings. The van der Waals surface area contributed by atoms with Crippen LogP contribution in [0.5, 0.6) is 0 Å². The fraction of sp³-hybridized carbons (Fsp3) is 0.800. The molecule has 0 N–H and O–H groups in total. The van der Waals surface area contributed by atoms with Gasteiger partial charge < -0.3 is 0 Å². The van der Waals surface area contributed by atoms with Crippen molar-refractivity contribution in [2.75, 3.05) is 0 Å². The number of allylic oxidation sites excluding steroid dienone is 3. The van der Waals surface area contributed by atoms with E-state index in [1.807, 2.05) is 0 Å². The molecule has 0 heteroatoms. The van der Waals surface area contributed by atoms with E-state index in [2.05, 4.69) is 26.5 Å². The summed E-state index contributed by atoms with van der Waals surface area (Å²) in [5.41, 5.74) is 4.37. The highest BCUT2D eigenvalue weighted by Gasteiger charge is 2.55. The van der Waals surface area contributed by atoms with E-state index in [-0.39, 0.29) is 0 Å². The van der Waals surface area contributed by atoms with Crippen molar-refractivity contribution < 1.29 is 0 Å². The van der Waals surface area contributed by atoms with E-state index in [0.717, 1.165) is 17.8 Å². The van der Waals surface area contributed by atoms with Crippen molar-refractivity contribution in [1.29, 1.82) is 0 Å².